The Kier molecular flexibility index (Phi) is 2.82. The quantitative estimate of drug-likeness (QED) is 0.769. The molecule has 4 heteroatoms. The molecule has 90 valence electrons. The topological polar surface area (TPSA) is 30.5 Å². The Balaban J connectivity index is 1.96. The van der Waals surface area contributed by atoms with Gasteiger partial charge in [-0.05, 0) is 36.3 Å². The summed E-state index contributed by atoms with van der Waals surface area (Å²) in [5.74, 6) is -0.624. The Labute approximate surface area is 105 Å². The number of halogens is 1. The second-order valence-corrected chi connectivity index (χ2v) is 4.75. The molecule has 0 atom stereocenters. The molecule has 3 nitrogen and oxygen atoms in total. The van der Waals surface area contributed by atoms with Gasteiger partial charge in [0.15, 0.2) is 5.79 Å². The molecule has 1 saturated heterocycles. The van der Waals surface area contributed by atoms with E-state index in [9.17, 15) is 0 Å². The third-order valence-corrected chi connectivity index (χ3v) is 3.30. The number of fused-ring (bicyclic) bond motifs is 1. The zero-order chi connectivity index (χ0) is 11.7. The van der Waals surface area contributed by atoms with Crippen LogP contribution >= 0.6 is 11.6 Å². The predicted molar refractivity (Wildman–Crippen MR) is 67.2 cm³/mol. The summed E-state index contributed by atoms with van der Waals surface area (Å²) in [5.41, 5.74) is 2.17. The average Bonchev–Trinajstić information content (AvgIpc) is 2.49. The standard InChI is InChI=1S/C13H14ClNO2/c14-11-2-3-12-10(8-11)9-13(4-5-15-12)16-6-1-7-17-13/h2-5,8,15H,1,6-7,9H2. The van der Waals surface area contributed by atoms with Crippen LogP contribution in [0, 0.1) is 0 Å². The predicted octanol–water partition coefficient (Wildman–Crippen LogP) is 2.95. The molecule has 17 heavy (non-hydrogen) atoms. The number of ether oxygens (including phenoxy) is 2. The first-order valence-corrected chi connectivity index (χ1v) is 6.16. The number of hydrogen-bond donors (Lipinski definition) is 1. The molecule has 0 saturated carbocycles. The monoisotopic (exact) mass is 251 g/mol. The van der Waals surface area contributed by atoms with Crippen molar-refractivity contribution in [2.75, 3.05) is 18.5 Å². The van der Waals surface area contributed by atoms with Gasteiger partial charge in [-0.25, -0.2) is 0 Å². The van der Waals surface area contributed by atoms with E-state index >= 15 is 0 Å². The Morgan fingerprint density at radius 3 is 2.88 bits per heavy atom. The minimum absolute atomic E-state index is 0.624. The van der Waals surface area contributed by atoms with Crippen LogP contribution in [0.1, 0.15) is 12.0 Å². The van der Waals surface area contributed by atoms with Gasteiger partial charge in [-0.2, -0.15) is 0 Å². The summed E-state index contributed by atoms with van der Waals surface area (Å²) >= 11 is 6.03. The van der Waals surface area contributed by atoms with Crippen LogP contribution in [0.5, 0.6) is 0 Å². The van der Waals surface area contributed by atoms with E-state index in [-0.39, 0.29) is 0 Å². The maximum Gasteiger partial charge on any atom is 0.193 e. The molecule has 1 spiro atoms. The zero-order valence-electron chi connectivity index (χ0n) is 9.41. The number of rotatable bonds is 0. The van der Waals surface area contributed by atoms with Crippen LogP contribution in [0.15, 0.2) is 30.5 Å². The van der Waals surface area contributed by atoms with Crippen molar-refractivity contribution >= 4 is 17.3 Å². The van der Waals surface area contributed by atoms with Gasteiger partial charge in [-0.1, -0.05) is 11.6 Å². The Bertz CT molecular complexity index is 453. The van der Waals surface area contributed by atoms with Gasteiger partial charge in [0, 0.05) is 23.3 Å². The van der Waals surface area contributed by atoms with Crippen LogP contribution in [-0.4, -0.2) is 19.0 Å². The summed E-state index contributed by atoms with van der Waals surface area (Å²) in [5, 5.41) is 3.96. The van der Waals surface area contributed by atoms with Crippen LogP contribution in [0.4, 0.5) is 5.69 Å². The SMILES string of the molecule is Clc1ccc2c(c1)CC1(C=CN2)OCCCO1. The normalized spacial score (nSPS) is 21.7. The summed E-state index contributed by atoms with van der Waals surface area (Å²) in [7, 11) is 0. The van der Waals surface area contributed by atoms with Crippen LogP contribution in [0.3, 0.4) is 0 Å². The maximum atomic E-state index is 6.03. The molecule has 2 heterocycles. The lowest BCUT2D eigenvalue weighted by Gasteiger charge is -2.34. The molecule has 1 N–H and O–H groups in total. The molecule has 3 rings (SSSR count). The van der Waals surface area contributed by atoms with E-state index in [1.165, 1.54) is 0 Å². The minimum Gasteiger partial charge on any atom is -0.362 e. The third-order valence-electron chi connectivity index (χ3n) is 3.06. The molecule has 0 aliphatic carbocycles. The molecular weight excluding hydrogens is 238 g/mol. The molecule has 0 amide bonds. The summed E-state index contributed by atoms with van der Waals surface area (Å²) in [6.07, 6.45) is 5.46. The van der Waals surface area contributed by atoms with Crippen LogP contribution in [-0.2, 0) is 15.9 Å². The van der Waals surface area contributed by atoms with E-state index in [1.807, 2.05) is 30.5 Å². The largest absolute Gasteiger partial charge is 0.362 e. The molecule has 0 radical (unpaired) electrons. The molecule has 0 unspecified atom stereocenters. The van der Waals surface area contributed by atoms with Crippen LogP contribution < -0.4 is 5.32 Å². The van der Waals surface area contributed by atoms with Gasteiger partial charge in [-0.3, -0.25) is 0 Å². The van der Waals surface area contributed by atoms with Crippen molar-refractivity contribution in [2.24, 2.45) is 0 Å². The van der Waals surface area contributed by atoms with Crippen molar-refractivity contribution in [1.29, 1.82) is 0 Å². The maximum absolute atomic E-state index is 6.03. The van der Waals surface area contributed by atoms with Gasteiger partial charge in [-0.15, -0.1) is 0 Å². The number of hydrogen-bond acceptors (Lipinski definition) is 3. The lowest BCUT2D eigenvalue weighted by Crippen LogP contribution is -2.40. The van der Waals surface area contributed by atoms with Crippen molar-refractivity contribution in [1.82, 2.24) is 0 Å². The molecule has 1 aromatic rings. The fourth-order valence-corrected chi connectivity index (χ4v) is 2.42. The van der Waals surface area contributed by atoms with Crippen molar-refractivity contribution in [3.8, 4) is 0 Å². The van der Waals surface area contributed by atoms with E-state index in [4.69, 9.17) is 21.1 Å². The molecule has 0 aromatic heterocycles. The molecule has 1 aromatic carbocycles. The second kappa shape index (κ2) is 4.33. The highest BCUT2D eigenvalue weighted by atomic mass is 35.5. The Hall–Kier alpha value is -1.03. The average molecular weight is 252 g/mol. The van der Waals surface area contributed by atoms with Gasteiger partial charge in [0.2, 0.25) is 0 Å². The van der Waals surface area contributed by atoms with Crippen molar-refractivity contribution in [3.05, 3.63) is 41.1 Å². The van der Waals surface area contributed by atoms with Crippen LogP contribution in [0.25, 0.3) is 0 Å². The second-order valence-electron chi connectivity index (χ2n) is 4.32. The number of anilines is 1. The molecule has 1 fully saturated rings. The molecule has 2 aliphatic rings. The molecule has 2 aliphatic heterocycles. The van der Waals surface area contributed by atoms with E-state index in [0.717, 1.165) is 35.9 Å². The first kappa shape index (κ1) is 11.1. The van der Waals surface area contributed by atoms with E-state index in [2.05, 4.69) is 5.32 Å². The fraction of sp³-hybridized carbons (Fsp3) is 0.385. The summed E-state index contributed by atoms with van der Waals surface area (Å²) in [4.78, 5) is 0. The highest BCUT2D eigenvalue weighted by molar-refractivity contribution is 6.30. The Morgan fingerprint density at radius 2 is 2.06 bits per heavy atom. The lowest BCUT2D eigenvalue weighted by atomic mass is 10.0. The molecular formula is C13H14ClNO2. The van der Waals surface area contributed by atoms with Gasteiger partial charge in [0.25, 0.3) is 0 Å². The van der Waals surface area contributed by atoms with Crippen molar-refractivity contribution in [3.63, 3.8) is 0 Å². The number of nitrogens with one attached hydrogen (secondary N) is 1. The van der Waals surface area contributed by atoms with E-state index < -0.39 is 5.79 Å². The van der Waals surface area contributed by atoms with Gasteiger partial charge >= 0.3 is 0 Å². The number of benzene rings is 1. The zero-order valence-corrected chi connectivity index (χ0v) is 10.2. The molecule has 0 bridgehead atoms. The third kappa shape index (κ3) is 2.18. The highest BCUT2D eigenvalue weighted by Crippen LogP contribution is 2.32. The Morgan fingerprint density at radius 1 is 1.24 bits per heavy atom. The fourth-order valence-electron chi connectivity index (χ4n) is 2.22. The van der Waals surface area contributed by atoms with E-state index in [1.54, 1.807) is 0 Å². The van der Waals surface area contributed by atoms with Gasteiger partial charge in [0.05, 0.1) is 13.2 Å². The van der Waals surface area contributed by atoms with Gasteiger partial charge in [0.1, 0.15) is 0 Å². The lowest BCUT2D eigenvalue weighted by molar-refractivity contribution is -0.234. The van der Waals surface area contributed by atoms with Crippen molar-refractivity contribution < 1.29 is 9.47 Å². The first-order valence-electron chi connectivity index (χ1n) is 5.78. The minimum atomic E-state index is -0.624. The first-order chi connectivity index (χ1) is 8.27. The van der Waals surface area contributed by atoms with E-state index in [0.29, 0.717) is 6.42 Å². The van der Waals surface area contributed by atoms with Crippen LogP contribution in [0.2, 0.25) is 5.02 Å². The smallest absolute Gasteiger partial charge is 0.193 e. The van der Waals surface area contributed by atoms with Crippen molar-refractivity contribution in [2.45, 2.75) is 18.6 Å². The summed E-state index contributed by atoms with van der Waals surface area (Å²) < 4.78 is 11.6. The summed E-state index contributed by atoms with van der Waals surface area (Å²) in [6.45, 7) is 1.47. The summed E-state index contributed by atoms with van der Waals surface area (Å²) in [6, 6.07) is 5.81. The van der Waals surface area contributed by atoms with Gasteiger partial charge < -0.3 is 14.8 Å². The highest BCUT2D eigenvalue weighted by Gasteiger charge is 2.34.